The molecule has 7 heteroatoms. The van der Waals surface area contributed by atoms with Crippen molar-refractivity contribution in [2.45, 2.75) is 109 Å². The van der Waals surface area contributed by atoms with Crippen molar-refractivity contribution < 1.29 is 23.4 Å². The van der Waals surface area contributed by atoms with Crippen molar-refractivity contribution in [1.82, 2.24) is 0 Å². The quantitative estimate of drug-likeness (QED) is 0.156. The molecule has 0 spiro atoms. The van der Waals surface area contributed by atoms with Gasteiger partial charge in [-0.3, -0.25) is 4.79 Å². The Bertz CT molecular complexity index is 664. The molecule has 0 aromatic heterocycles. The minimum Gasteiger partial charge on any atom is -0.459 e. The highest BCUT2D eigenvalue weighted by molar-refractivity contribution is 6.77. The maximum atomic E-state index is 12.3. The van der Waals surface area contributed by atoms with Gasteiger partial charge >= 0.3 is 5.97 Å². The van der Waals surface area contributed by atoms with Gasteiger partial charge < -0.3 is 18.6 Å². The number of methoxy groups -OCH3 is 2. The summed E-state index contributed by atoms with van der Waals surface area (Å²) < 4.78 is 24.0. The molecule has 0 saturated carbocycles. The van der Waals surface area contributed by atoms with Gasteiger partial charge in [-0.05, 0) is 30.0 Å². The molecule has 1 saturated heterocycles. The maximum Gasteiger partial charge on any atom is 0.308 e. The maximum absolute atomic E-state index is 12.3. The summed E-state index contributed by atoms with van der Waals surface area (Å²) in [6.45, 7) is 15.6. The Morgan fingerprint density at radius 1 is 1.15 bits per heavy atom. The molecule has 0 aliphatic carbocycles. The first-order valence-corrected chi connectivity index (χ1v) is 14.6. The molecule has 4 atom stereocenters. The van der Waals surface area contributed by atoms with E-state index in [0.29, 0.717) is 29.5 Å². The van der Waals surface area contributed by atoms with Gasteiger partial charge in [-0.1, -0.05) is 83.0 Å². The lowest BCUT2D eigenvalue weighted by Crippen LogP contribution is -2.53. The first-order valence-electron chi connectivity index (χ1n) is 12.1. The number of allylic oxidation sites excluding steroid dienone is 2. The second-order valence-corrected chi connectivity index (χ2v) is 15.5. The van der Waals surface area contributed by atoms with E-state index in [9.17, 15) is 4.79 Å². The third-order valence-electron chi connectivity index (χ3n) is 6.68. The van der Waals surface area contributed by atoms with Gasteiger partial charge in [0.05, 0.1) is 18.6 Å². The number of ether oxygens (including phenoxy) is 3. The van der Waals surface area contributed by atoms with Crippen LogP contribution in [0.25, 0.3) is 0 Å². The number of hydrogen-bond donors (Lipinski definition) is 0. The van der Waals surface area contributed by atoms with Crippen LogP contribution in [0.4, 0.5) is 0 Å². The number of carbonyl (C=O) groups excluding carboxylic acids is 1. The lowest BCUT2D eigenvalue weighted by atomic mass is 9.99. The fraction of sp³-hybridized carbons (Fsp3) is 0.731. The highest BCUT2D eigenvalue weighted by Gasteiger charge is 2.48. The summed E-state index contributed by atoms with van der Waals surface area (Å²) >= 11 is 5.66. The average molecular weight is 501 g/mol. The summed E-state index contributed by atoms with van der Waals surface area (Å²) in [5, 5.41) is 0. The predicted molar refractivity (Wildman–Crippen MR) is 139 cm³/mol. The fourth-order valence-corrected chi connectivity index (χ4v) is 10.7. The zero-order chi connectivity index (χ0) is 25.2. The Morgan fingerprint density at radius 2 is 1.76 bits per heavy atom. The first kappa shape index (κ1) is 30.1. The fourth-order valence-electron chi connectivity index (χ4n) is 5.05. The summed E-state index contributed by atoms with van der Waals surface area (Å²) in [6.07, 6.45) is 8.70. The second-order valence-electron chi connectivity index (χ2n) is 9.87. The molecule has 1 heterocycles. The molecule has 5 nitrogen and oxygen atoms in total. The van der Waals surface area contributed by atoms with Crippen LogP contribution in [-0.4, -0.2) is 52.9 Å². The monoisotopic (exact) mass is 500 g/mol. The zero-order valence-electron chi connectivity index (χ0n) is 22.0. The Labute approximate surface area is 207 Å². The van der Waals surface area contributed by atoms with Crippen molar-refractivity contribution >= 4 is 25.9 Å². The summed E-state index contributed by atoms with van der Waals surface area (Å²) in [5.41, 5.74) is 3.79. The van der Waals surface area contributed by atoms with Crippen molar-refractivity contribution in [2.75, 3.05) is 14.2 Å². The average Bonchev–Trinajstić information content (AvgIpc) is 2.75. The molecule has 1 fully saturated rings. The Kier molecular flexibility index (Phi) is 13.2. The standard InChI is InChI=1S/C26H45ClO5Si/c1-18(2)33(19(3)4,20(5)6)32-25(24-16-23(30-9)17-26(28)31-24)15-21(7)12-13-22(29-8)11-10-14-27/h10,12-15,18-20,22-25H,11,16-17H2,1-9H3/b13-12+,14-10+,21-15+/t22-,23-,24-,25-/m1/s1. The second kappa shape index (κ2) is 14.5. The van der Waals surface area contributed by atoms with Crippen LogP contribution < -0.4 is 0 Å². The lowest BCUT2D eigenvalue weighted by molar-refractivity contribution is -0.167. The van der Waals surface area contributed by atoms with Gasteiger partial charge in [-0.2, -0.15) is 0 Å². The Balaban J connectivity index is 3.34. The molecule has 0 radical (unpaired) electrons. The molecular weight excluding hydrogens is 456 g/mol. The third-order valence-corrected chi connectivity index (χ3v) is 13.0. The van der Waals surface area contributed by atoms with Crippen LogP contribution in [0.1, 0.15) is 67.7 Å². The normalized spacial score (nSPS) is 22.7. The van der Waals surface area contributed by atoms with E-state index in [1.807, 2.05) is 25.2 Å². The molecular formula is C26H45ClO5Si. The van der Waals surface area contributed by atoms with E-state index >= 15 is 0 Å². The van der Waals surface area contributed by atoms with E-state index in [-0.39, 0.29) is 36.8 Å². The zero-order valence-corrected chi connectivity index (χ0v) is 23.7. The van der Waals surface area contributed by atoms with Gasteiger partial charge in [0.2, 0.25) is 8.32 Å². The van der Waals surface area contributed by atoms with Crippen molar-refractivity contribution in [3.05, 3.63) is 35.4 Å². The predicted octanol–water partition coefficient (Wildman–Crippen LogP) is 6.93. The van der Waals surface area contributed by atoms with Crippen LogP contribution in [0.2, 0.25) is 16.6 Å². The van der Waals surface area contributed by atoms with Gasteiger partial charge in [-0.15, -0.1) is 0 Å². The van der Waals surface area contributed by atoms with Gasteiger partial charge in [-0.25, -0.2) is 0 Å². The summed E-state index contributed by atoms with van der Waals surface area (Å²) in [4.78, 5) is 12.3. The van der Waals surface area contributed by atoms with Crippen molar-refractivity contribution in [3.63, 3.8) is 0 Å². The highest BCUT2D eigenvalue weighted by Crippen LogP contribution is 2.44. The van der Waals surface area contributed by atoms with Gasteiger partial charge in [0.15, 0.2) is 0 Å². The SMILES string of the molecule is CO[C@H]1CC(=O)O[C@@H]([C@@H](/C=C(C)/C=C/[C@@H](C/C=C/Cl)OC)O[Si](C(C)C)(C(C)C)C(C)C)C1. The highest BCUT2D eigenvalue weighted by atomic mass is 35.5. The molecule has 0 N–H and O–H groups in total. The van der Waals surface area contributed by atoms with E-state index in [2.05, 4.69) is 47.6 Å². The number of rotatable bonds is 13. The number of carbonyl (C=O) groups is 1. The smallest absolute Gasteiger partial charge is 0.308 e. The minimum absolute atomic E-state index is 0.0662. The van der Waals surface area contributed by atoms with Crippen molar-refractivity contribution in [3.8, 4) is 0 Å². The van der Waals surface area contributed by atoms with Gasteiger partial charge in [0.1, 0.15) is 12.2 Å². The molecule has 33 heavy (non-hydrogen) atoms. The van der Waals surface area contributed by atoms with Crippen LogP contribution >= 0.6 is 11.6 Å². The van der Waals surface area contributed by atoms with Gasteiger partial charge in [0.25, 0.3) is 0 Å². The van der Waals surface area contributed by atoms with Crippen LogP contribution in [0.5, 0.6) is 0 Å². The lowest BCUT2D eigenvalue weighted by Gasteiger charge is -2.46. The summed E-state index contributed by atoms with van der Waals surface area (Å²) in [5.74, 6) is -0.230. The first-order chi connectivity index (χ1) is 15.5. The van der Waals surface area contributed by atoms with E-state index in [4.69, 9.17) is 30.2 Å². The van der Waals surface area contributed by atoms with E-state index in [1.54, 1.807) is 14.2 Å². The van der Waals surface area contributed by atoms with Crippen LogP contribution in [0, 0.1) is 0 Å². The number of esters is 1. The van der Waals surface area contributed by atoms with E-state index in [0.717, 1.165) is 5.57 Å². The molecule has 0 bridgehead atoms. The molecule has 1 aliphatic rings. The molecule has 190 valence electrons. The minimum atomic E-state index is -2.21. The largest absolute Gasteiger partial charge is 0.459 e. The summed E-state index contributed by atoms with van der Waals surface area (Å²) in [6, 6.07) is 0. The van der Waals surface area contributed by atoms with Crippen LogP contribution in [0.3, 0.4) is 0 Å². The third kappa shape index (κ3) is 8.66. The molecule has 0 aromatic rings. The molecule has 0 unspecified atom stereocenters. The molecule has 1 rings (SSSR count). The van der Waals surface area contributed by atoms with E-state index < -0.39 is 8.32 Å². The molecule has 0 amide bonds. The van der Waals surface area contributed by atoms with Crippen LogP contribution in [0.15, 0.2) is 35.4 Å². The molecule has 1 aliphatic heterocycles. The number of hydrogen-bond acceptors (Lipinski definition) is 5. The van der Waals surface area contributed by atoms with E-state index in [1.165, 1.54) is 5.54 Å². The Morgan fingerprint density at radius 3 is 2.24 bits per heavy atom. The Hall–Kier alpha value is -0.923. The summed E-state index contributed by atoms with van der Waals surface area (Å²) in [7, 11) is 1.12. The van der Waals surface area contributed by atoms with Crippen LogP contribution in [-0.2, 0) is 23.4 Å². The molecule has 0 aromatic carbocycles. The van der Waals surface area contributed by atoms with Gasteiger partial charge in [0, 0.05) is 26.2 Å². The number of halogens is 1. The van der Waals surface area contributed by atoms with Crippen molar-refractivity contribution in [2.24, 2.45) is 0 Å². The van der Waals surface area contributed by atoms with Crippen molar-refractivity contribution in [1.29, 1.82) is 0 Å². The number of cyclic esters (lactones) is 1. The topological polar surface area (TPSA) is 54.0 Å².